The molecule has 0 aliphatic carbocycles. The number of halogens is 2. The molecule has 0 atom stereocenters. The number of methoxy groups -OCH3 is 1. The third kappa shape index (κ3) is 7.26. The molecule has 7 nitrogen and oxygen atoms in total. The second-order valence-electron chi connectivity index (χ2n) is 9.84. The van der Waals surface area contributed by atoms with E-state index in [-0.39, 0.29) is 27.3 Å². The van der Waals surface area contributed by atoms with Crippen molar-refractivity contribution >= 4 is 44.8 Å². The lowest BCUT2D eigenvalue weighted by atomic mass is 9.86. The van der Waals surface area contributed by atoms with E-state index >= 15 is 0 Å². The van der Waals surface area contributed by atoms with Crippen molar-refractivity contribution in [1.82, 2.24) is 4.31 Å². The number of hydrogen-bond acceptors (Lipinski definition) is 5. The summed E-state index contributed by atoms with van der Waals surface area (Å²) in [4.78, 5) is 12.6. The molecule has 1 heterocycles. The molecule has 0 spiro atoms. The average Bonchev–Trinajstić information content (AvgIpc) is 2.75. The van der Waals surface area contributed by atoms with Crippen molar-refractivity contribution in [1.29, 1.82) is 0 Å². The molecule has 2 aromatic carbocycles. The van der Waals surface area contributed by atoms with Crippen molar-refractivity contribution in [3.05, 3.63) is 45.9 Å². The van der Waals surface area contributed by atoms with E-state index in [2.05, 4.69) is 26.1 Å². The van der Waals surface area contributed by atoms with Crippen molar-refractivity contribution in [3.63, 3.8) is 0 Å². The summed E-state index contributed by atoms with van der Waals surface area (Å²) < 4.78 is 36.3. The normalized spacial score (nSPS) is 15.6. The third-order valence-electron chi connectivity index (χ3n) is 6.00. The Morgan fingerprint density at radius 3 is 2.23 bits per heavy atom. The second kappa shape index (κ2) is 10.9. The van der Waals surface area contributed by atoms with Crippen molar-refractivity contribution in [3.8, 4) is 17.2 Å². The number of benzene rings is 2. The van der Waals surface area contributed by atoms with Crippen molar-refractivity contribution in [2.75, 3.05) is 31.8 Å². The van der Waals surface area contributed by atoms with Crippen LogP contribution >= 0.6 is 23.2 Å². The van der Waals surface area contributed by atoms with Gasteiger partial charge in [-0.1, -0.05) is 44.0 Å². The van der Waals surface area contributed by atoms with Gasteiger partial charge in [0.15, 0.2) is 5.75 Å². The number of amides is 1. The van der Waals surface area contributed by atoms with Crippen LogP contribution in [0.5, 0.6) is 17.2 Å². The van der Waals surface area contributed by atoms with Gasteiger partial charge in [0.2, 0.25) is 15.9 Å². The molecular weight excluding hydrogens is 511 g/mol. The zero-order chi connectivity index (χ0) is 26.0. The van der Waals surface area contributed by atoms with Gasteiger partial charge in [-0.2, -0.15) is 0 Å². The standard InChI is InChI=1S/C25H32Cl2N2O5S/c1-25(2,3)19-15-18(6-7-22(19)33-4)34-24-20(26)13-17(14-21(24)27)28-23(30)12-16-8-10-29(11-9-16)35(5,31)32/h6-7,13-16H,8-12H2,1-5H3,(H,28,30). The van der Waals surface area contributed by atoms with E-state index in [1.165, 1.54) is 10.6 Å². The van der Waals surface area contributed by atoms with E-state index in [4.69, 9.17) is 32.7 Å². The number of nitrogens with zero attached hydrogens (tertiary/aromatic N) is 1. The van der Waals surface area contributed by atoms with Crippen LogP contribution in [0.4, 0.5) is 5.69 Å². The lowest BCUT2D eigenvalue weighted by molar-refractivity contribution is -0.117. The van der Waals surface area contributed by atoms with Crippen LogP contribution in [0.2, 0.25) is 10.0 Å². The quantitative estimate of drug-likeness (QED) is 0.457. The summed E-state index contributed by atoms with van der Waals surface area (Å²) >= 11 is 12.9. The van der Waals surface area contributed by atoms with Crippen molar-refractivity contribution < 1.29 is 22.7 Å². The number of hydrogen-bond donors (Lipinski definition) is 1. The van der Waals surface area contributed by atoms with Crippen LogP contribution in [-0.2, 0) is 20.2 Å². The zero-order valence-electron chi connectivity index (χ0n) is 20.7. The lowest BCUT2D eigenvalue weighted by Gasteiger charge is -2.29. The Kier molecular flexibility index (Phi) is 8.63. The molecule has 10 heteroatoms. The molecule has 1 amide bonds. The Morgan fingerprint density at radius 1 is 1.11 bits per heavy atom. The van der Waals surface area contributed by atoms with Crippen molar-refractivity contribution in [2.24, 2.45) is 5.92 Å². The number of anilines is 1. The van der Waals surface area contributed by atoms with Gasteiger partial charge in [0.25, 0.3) is 0 Å². The molecule has 3 rings (SSSR count). The topological polar surface area (TPSA) is 84.9 Å². The van der Waals surface area contributed by atoms with Crippen LogP contribution in [0.3, 0.4) is 0 Å². The summed E-state index contributed by atoms with van der Waals surface area (Å²) in [6.07, 6.45) is 2.80. The molecular formula is C25H32Cl2N2O5S. The predicted molar refractivity (Wildman–Crippen MR) is 141 cm³/mol. The highest BCUT2D eigenvalue weighted by Crippen LogP contribution is 2.41. The predicted octanol–water partition coefficient (Wildman–Crippen LogP) is 6.09. The molecule has 0 bridgehead atoms. The summed E-state index contributed by atoms with van der Waals surface area (Å²) in [5, 5.41) is 3.37. The second-order valence-corrected chi connectivity index (χ2v) is 12.6. The minimum absolute atomic E-state index is 0.119. The van der Waals surface area contributed by atoms with Gasteiger partial charge in [-0.15, -0.1) is 0 Å². The highest BCUT2D eigenvalue weighted by atomic mass is 35.5. The number of sulfonamides is 1. The first-order chi connectivity index (χ1) is 16.3. The first-order valence-corrected chi connectivity index (χ1v) is 14.0. The molecule has 0 saturated carbocycles. The highest BCUT2D eigenvalue weighted by Gasteiger charge is 2.26. The van der Waals surface area contributed by atoms with Gasteiger partial charge in [0.05, 0.1) is 23.4 Å². The van der Waals surface area contributed by atoms with E-state index in [1.807, 2.05) is 12.1 Å². The first kappa shape index (κ1) is 27.6. The monoisotopic (exact) mass is 542 g/mol. The van der Waals surface area contributed by atoms with Crippen molar-refractivity contribution in [2.45, 2.75) is 45.4 Å². The minimum Gasteiger partial charge on any atom is -0.496 e. The lowest BCUT2D eigenvalue weighted by Crippen LogP contribution is -2.38. The van der Waals surface area contributed by atoms with Gasteiger partial charge in [0.1, 0.15) is 11.5 Å². The Bertz CT molecular complexity index is 1160. The fraction of sp³-hybridized carbons (Fsp3) is 0.480. The third-order valence-corrected chi connectivity index (χ3v) is 7.86. The molecule has 0 radical (unpaired) electrons. The molecule has 192 valence electrons. The maximum Gasteiger partial charge on any atom is 0.224 e. The zero-order valence-corrected chi connectivity index (χ0v) is 23.0. The van der Waals surface area contributed by atoms with Crippen LogP contribution < -0.4 is 14.8 Å². The molecule has 2 aromatic rings. The Hall–Kier alpha value is -2.00. The summed E-state index contributed by atoms with van der Waals surface area (Å²) in [6, 6.07) is 8.72. The van der Waals surface area contributed by atoms with E-state index in [9.17, 15) is 13.2 Å². The summed E-state index contributed by atoms with van der Waals surface area (Å²) in [5.41, 5.74) is 1.29. The molecule has 1 saturated heterocycles. The molecule has 35 heavy (non-hydrogen) atoms. The van der Waals surface area contributed by atoms with Gasteiger partial charge in [0, 0.05) is 30.8 Å². The first-order valence-electron chi connectivity index (χ1n) is 11.4. The van der Waals surface area contributed by atoms with Crippen LogP contribution in [-0.4, -0.2) is 45.1 Å². The summed E-state index contributed by atoms with van der Waals surface area (Å²) in [7, 11) is -1.56. The number of rotatable bonds is 7. The van der Waals surface area contributed by atoms with Crippen LogP contribution in [0.1, 0.15) is 45.6 Å². The van der Waals surface area contributed by atoms with E-state index < -0.39 is 10.0 Å². The SMILES string of the molecule is COc1ccc(Oc2c(Cl)cc(NC(=O)CC3CCN(S(C)(=O)=O)CC3)cc2Cl)cc1C(C)(C)C. The number of carbonyl (C=O) groups excluding carboxylic acids is 1. The molecule has 1 fully saturated rings. The van der Waals surface area contributed by atoms with Gasteiger partial charge in [-0.3, -0.25) is 4.79 Å². The van der Waals surface area contributed by atoms with Crippen LogP contribution in [0, 0.1) is 5.92 Å². The van der Waals surface area contributed by atoms with Gasteiger partial charge in [-0.25, -0.2) is 12.7 Å². The van der Waals surface area contributed by atoms with Gasteiger partial charge < -0.3 is 14.8 Å². The molecule has 1 aliphatic heterocycles. The molecule has 0 aromatic heterocycles. The number of ether oxygens (including phenoxy) is 2. The average molecular weight is 544 g/mol. The van der Waals surface area contributed by atoms with Crippen LogP contribution in [0.15, 0.2) is 30.3 Å². The molecule has 1 N–H and O–H groups in total. The summed E-state index contributed by atoms with van der Waals surface area (Å²) in [5.74, 6) is 1.57. The Balaban J connectivity index is 1.67. The fourth-order valence-corrected chi connectivity index (χ4v) is 5.54. The van der Waals surface area contributed by atoms with E-state index in [1.54, 1.807) is 25.3 Å². The van der Waals surface area contributed by atoms with Gasteiger partial charge in [-0.05, 0) is 54.5 Å². The Morgan fingerprint density at radius 2 is 1.71 bits per heavy atom. The summed E-state index contributed by atoms with van der Waals surface area (Å²) in [6.45, 7) is 7.12. The maximum atomic E-state index is 12.6. The largest absolute Gasteiger partial charge is 0.496 e. The van der Waals surface area contributed by atoms with Crippen LogP contribution in [0.25, 0.3) is 0 Å². The highest BCUT2D eigenvalue weighted by molar-refractivity contribution is 7.88. The smallest absolute Gasteiger partial charge is 0.224 e. The molecule has 1 aliphatic rings. The minimum atomic E-state index is -3.19. The van der Waals surface area contributed by atoms with E-state index in [0.717, 1.165) is 11.3 Å². The number of piperidine rings is 1. The number of nitrogens with one attached hydrogen (secondary N) is 1. The maximum absolute atomic E-state index is 12.6. The van der Waals surface area contributed by atoms with Gasteiger partial charge >= 0.3 is 0 Å². The Labute approximate surface area is 217 Å². The molecule has 0 unspecified atom stereocenters. The fourth-order valence-electron chi connectivity index (χ4n) is 4.10. The van der Waals surface area contributed by atoms with E-state index in [0.29, 0.717) is 49.5 Å². The number of carbonyl (C=O) groups is 1.